The molecule has 2 heterocycles. The fourth-order valence-corrected chi connectivity index (χ4v) is 5.46. The molecule has 2 aromatic rings. The highest BCUT2D eigenvalue weighted by atomic mass is 35.5. The van der Waals surface area contributed by atoms with Crippen molar-refractivity contribution in [2.75, 3.05) is 30.0 Å². The Morgan fingerprint density at radius 2 is 1.89 bits per heavy atom. The van der Waals surface area contributed by atoms with Crippen LogP contribution in [-0.4, -0.2) is 41.6 Å². The minimum Gasteiger partial charge on any atom is -0.482 e. The SMILES string of the molecule is O=C(COC(=O)COc1ccc(C2SCCCS2)cc1)Nc1cccnc1Cl. The molecule has 1 aromatic carbocycles. The molecule has 148 valence electrons. The van der Waals surface area contributed by atoms with Gasteiger partial charge in [0.25, 0.3) is 5.91 Å². The number of hydrogen-bond acceptors (Lipinski definition) is 7. The Morgan fingerprint density at radius 3 is 2.61 bits per heavy atom. The summed E-state index contributed by atoms with van der Waals surface area (Å²) in [5.74, 6) is 1.81. The zero-order valence-electron chi connectivity index (χ0n) is 14.9. The number of nitrogens with one attached hydrogen (secondary N) is 1. The van der Waals surface area contributed by atoms with Crippen LogP contribution >= 0.6 is 35.1 Å². The maximum atomic E-state index is 11.8. The number of benzene rings is 1. The number of halogens is 1. The van der Waals surface area contributed by atoms with Crippen molar-refractivity contribution in [2.24, 2.45) is 0 Å². The van der Waals surface area contributed by atoms with Crippen LogP contribution in [0.4, 0.5) is 5.69 Å². The van der Waals surface area contributed by atoms with Gasteiger partial charge in [-0.05, 0) is 47.8 Å². The second kappa shape index (κ2) is 10.6. The van der Waals surface area contributed by atoms with Gasteiger partial charge in [-0.2, -0.15) is 0 Å². The molecule has 0 bridgehead atoms. The molecule has 1 aliphatic heterocycles. The number of carbonyl (C=O) groups is 2. The summed E-state index contributed by atoms with van der Waals surface area (Å²) in [7, 11) is 0. The van der Waals surface area contributed by atoms with Gasteiger partial charge in [0.2, 0.25) is 0 Å². The summed E-state index contributed by atoms with van der Waals surface area (Å²) in [6.07, 6.45) is 2.76. The average molecular weight is 439 g/mol. The molecule has 0 unspecified atom stereocenters. The summed E-state index contributed by atoms with van der Waals surface area (Å²) < 4.78 is 10.8. The van der Waals surface area contributed by atoms with Crippen LogP contribution in [0.2, 0.25) is 5.15 Å². The number of nitrogens with zero attached hydrogens (tertiary/aromatic N) is 1. The van der Waals surface area contributed by atoms with Crippen LogP contribution in [0.1, 0.15) is 16.6 Å². The van der Waals surface area contributed by atoms with Crippen molar-refractivity contribution in [2.45, 2.75) is 11.0 Å². The molecule has 1 fully saturated rings. The van der Waals surface area contributed by atoms with Gasteiger partial charge >= 0.3 is 5.97 Å². The third-order valence-electron chi connectivity index (χ3n) is 3.73. The molecule has 3 rings (SSSR count). The number of amides is 1. The van der Waals surface area contributed by atoms with E-state index in [-0.39, 0.29) is 11.8 Å². The lowest BCUT2D eigenvalue weighted by atomic mass is 10.2. The molecule has 0 spiro atoms. The third-order valence-corrected chi connectivity index (χ3v) is 7.05. The van der Waals surface area contributed by atoms with Gasteiger partial charge in [0, 0.05) is 6.20 Å². The van der Waals surface area contributed by atoms with E-state index in [9.17, 15) is 9.59 Å². The normalized spacial score (nSPS) is 14.3. The highest BCUT2D eigenvalue weighted by molar-refractivity contribution is 8.16. The molecule has 9 heteroatoms. The van der Waals surface area contributed by atoms with E-state index >= 15 is 0 Å². The molecule has 1 saturated heterocycles. The van der Waals surface area contributed by atoms with E-state index in [1.54, 1.807) is 12.1 Å². The topological polar surface area (TPSA) is 77.5 Å². The summed E-state index contributed by atoms with van der Waals surface area (Å²) in [6.45, 7) is -0.699. The summed E-state index contributed by atoms with van der Waals surface area (Å²) in [6, 6.07) is 11.0. The third kappa shape index (κ3) is 6.32. The van der Waals surface area contributed by atoms with Crippen molar-refractivity contribution in [3.63, 3.8) is 0 Å². The molecule has 0 atom stereocenters. The van der Waals surface area contributed by atoms with Crippen molar-refractivity contribution in [3.05, 3.63) is 53.3 Å². The number of aromatic nitrogens is 1. The zero-order valence-corrected chi connectivity index (χ0v) is 17.3. The Hall–Kier alpha value is -1.90. The van der Waals surface area contributed by atoms with E-state index in [2.05, 4.69) is 10.3 Å². The second-order valence-corrected chi connectivity index (χ2v) is 8.92. The molecule has 28 heavy (non-hydrogen) atoms. The highest BCUT2D eigenvalue weighted by Crippen LogP contribution is 2.43. The highest BCUT2D eigenvalue weighted by Gasteiger charge is 2.16. The van der Waals surface area contributed by atoms with Crippen LogP contribution in [-0.2, 0) is 14.3 Å². The molecule has 0 aliphatic carbocycles. The first-order chi connectivity index (χ1) is 13.6. The molecule has 1 aromatic heterocycles. The van der Waals surface area contributed by atoms with Gasteiger partial charge < -0.3 is 14.8 Å². The van der Waals surface area contributed by atoms with E-state index in [1.807, 2.05) is 47.8 Å². The number of rotatable bonds is 7. The molecular weight excluding hydrogens is 420 g/mol. The lowest BCUT2D eigenvalue weighted by Crippen LogP contribution is -2.23. The number of pyridine rings is 1. The van der Waals surface area contributed by atoms with Crippen molar-refractivity contribution in [1.29, 1.82) is 0 Å². The molecule has 0 radical (unpaired) electrons. The Balaban J connectivity index is 1.39. The molecule has 0 saturated carbocycles. The van der Waals surface area contributed by atoms with E-state index < -0.39 is 18.5 Å². The van der Waals surface area contributed by atoms with Crippen molar-refractivity contribution >= 4 is 52.7 Å². The number of esters is 1. The molecule has 1 N–H and O–H groups in total. The molecular formula is C19H19ClN2O4S2. The molecule has 1 aliphatic rings. The number of carbonyl (C=O) groups excluding carboxylic acids is 2. The van der Waals surface area contributed by atoms with E-state index in [4.69, 9.17) is 21.1 Å². The summed E-state index contributed by atoms with van der Waals surface area (Å²) in [5, 5.41) is 2.69. The van der Waals surface area contributed by atoms with Crippen LogP contribution < -0.4 is 10.1 Å². The van der Waals surface area contributed by atoms with E-state index in [0.29, 0.717) is 16.0 Å². The van der Waals surface area contributed by atoms with E-state index in [0.717, 1.165) is 0 Å². The van der Waals surface area contributed by atoms with Gasteiger partial charge in [0.1, 0.15) is 5.75 Å². The number of hydrogen-bond donors (Lipinski definition) is 1. The first-order valence-corrected chi connectivity index (χ1v) is 11.1. The fraction of sp³-hybridized carbons (Fsp3) is 0.316. The van der Waals surface area contributed by atoms with Crippen molar-refractivity contribution < 1.29 is 19.1 Å². The Morgan fingerprint density at radius 1 is 1.14 bits per heavy atom. The van der Waals surface area contributed by atoms with Crippen LogP contribution in [0.25, 0.3) is 0 Å². The average Bonchev–Trinajstić information content (AvgIpc) is 2.73. The predicted octanol–water partition coefficient (Wildman–Crippen LogP) is 4.16. The monoisotopic (exact) mass is 438 g/mol. The largest absolute Gasteiger partial charge is 0.482 e. The Labute approximate surface area is 176 Å². The predicted molar refractivity (Wildman–Crippen MR) is 113 cm³/mol. The first kappa shape index (κ1) is 20.8. The van der Waals surface area contributed by atoms with Crippen LogP contribution in [0.5, 0.6) is 5.75 Å². The minimum absolute atomic E-state index is 0.166. The molecule has 6 nitrogen and oxygen atoms in total. The number of anilines is 1. The second-order valence-electron chi connectivity index (χ2n) is 5.84. The summed E-state index contributed by atoms with van der Waals surface area (Å²) in [4.78, 5) is 27.4. The van der Waals surface area contributed by atoms with Gasteiger partial charge in [-0.25, -0.2) is 9.78 Å². The Kier molecular flexibility index (Phi) is 7.88. The van der Waals surface area contributed by atoms with Gasteiger partial charge in [-0.15, -0.1) is 23.5 Å². The fourth-order valence-electron chi connectivity index (χ4n) is 2.40. The van der Waals surface area contributed by atoms with Crippen molar-refractivity contribution in [1.82, 2.24) is 4.98 Å². The smallest absolute Gasteiger partial charge is 0.344 e. The number of ether oxygens (including phenoxy) is 2. The standard InChI is InChI=1S/C19H19ClN2O4S2/c20-18-15(3-1-8-21-18)22-16(23)11-26-17(24)12-25-14-6-4-13(5-7-14)19-27-9-2-10-28-19/h1,3-8,19H,2,9-12H2,(H,22,23). The van der Waals surface area contributed by atoms with Gasteiger partial charge in [0.05, 0.1) is 10.3 Å². The van der Waals surface area contributed by atoms with Crippen LogP contribution in [0.3, 0.4) is 0 Å². The lowest BCUT2D eigenvalue weighted by Gasteiger charge is -2.21. The maximum Gasteiger partial charge on any atom is 0.344 e. The quantitative estimate of drug-likeness (QED) is 0.513. The summed E-state index contributed by atoms with van der Waals surface area (Å²) in [5.41, 5.74) is 1.60. The van der Waals surface area contributed by atoms with Gasteiger partial charge in [-0.3, -0.25) is 4.79 Å². The van der Waals surface area contributed by atoms with Crippen molar-refractivity contribution in [3.8, 4) is 5.75 Å². The Bertz CT molecular complexity index is 814. The molecule has 1 amide bonds. The van der Waals surface area contributed by atoms with Gasteiger partial charge in [-0.1, -0.05) is 23.7 Å². The zero-order chi connectivity index (χ0) is 19.8. The lowest BCUT2D eigenvalue weighted by molar-refractivity contribution is -0.149. The van der Waals surface area contributed by atoms with Crippen LogP contribution in [0.15, 0.2) is 42.6 Å². The van der Waals surface area contributed by atoms with Gasteiger partial charge in [0.15, 0.2) is 18.4 Å². The first-order valence-electron chi connectivity index (χ1n) is 8.64. The summed E-state index contributed by atoms with van der Waals surface area (Å²) >= 11 is 9.75. The maximum absolute atomic E-state index is 11.8. The number of thioether (sulfide) groups is 2. The van der Waals surface area contributed by atoms with Crippen LogP contribution in [0, 0.1) is 0 Å². The minimum atomic E-state index is -0.630. The van der Waals surface area contributed by atoms with E-state index in [1.165, 1.54) is 29.7 Å².